The molecule has 1 saturated heterocycles. The molecule has 2 heterocycles. The van der Waals surface area contributed by atoms with Gasteiger partial charge in [-0.25, -0.2) is 22.6 Å². The molecule has 182 valence electrons. The molecule has 14 heteroatoms. The molecule has 0 aliphatic carbocycles. The molecule has 0 spiro atoms. The fourth-order valence-corrected chi connectivity index (χ4v) is 3.51. The Hall–Kier alpha value is -2.62. The third kappa shape index (κ3) is 5.00. The van der Waals surface area contributed by atoms with Crippen LogP contribution in [0.3, 0.4) is 0 Å². The van der Waals surface area contributed by atoms with Crippen molar-refractivity contribution < 1.29 is 52.2 Å². The van der Waals surface area contributed by atoms with Crippen LogP contribution in [-0.4, -0.2) is 94.4 Å². The average Bonchev–Trinajstić information content (AvgIpc) is 3.28. The standard InChI is InChI=1S/C19H22F3N3O8/c1-30-7-32-18(19(29)31-2)17-16(28)14(15(27)12(6-26)33-17)25-5-11(23-24-25)8-3-9(20)13(22)10(21)4-8/h3-5,12,14-18,26-28H,6-7H2,1-2H3/t12?,14-,15-,16?,17+,18-/m0/s1. The Kier molecular flexibility index (Phi) is 7.99. The summed E-state index contributed by atoms with van der Waals surface area (Å²) >= 11 is 0. The third-order valence-electron chi connectivity index (χ3n) is 5.12. The van der Waals surface area contributed by atoms with E-state index in [0.29, 0.717) is 12.1 Å². The average molecular weight is 477 g/mol. The van der Waals surface area contributed by atoms with Crippen LogP contribution < -0.4 is 0 Å². The van der Waals surface area contributed by atoms with Gasteiger partial charge in [0.15, 0.2) is 23.6 Å². The highest BCUT2D eigenvalue weighted by Crippen LogP contribution is 2.33. The predicted molar refractivity (Wildman–Crippen MR) is 101 cm³/mol. The first-order chi connectivity index (χ1) is 15.7. The van der Waals surface area contributed by atoms with Gasteiger partial charge in [-0.15, -0.1) is 5.10 Å². The van der Waals surface area contributed by atoms with E-state index in [1.165, 1.54) is 7.11 Å². The van der Waals surface area contributed by atoms with E-state index < -0.39 is 66.6 Å². The second-order valence-corrected chi connectivity index (χ2v) is 7.15. The number of nitrogens with zero attached hydrogens (tertiary/aromatic N) is 3. The first-order valence-electron chi connectivity index (χ1n) is 9.61. The SMILES string of the molecule is COCO[C@H](C(=O)OC)[C@@H]1OC(CO)[C@H](O)[C@H](n2cc(-c3cc(F)c(F)c(F)c3)nn2)C1O. The molecule has 3 N–H and O–H groups in total. The molecule has 1 fully saturated rings. The number of esters is 1. The van der Waals surface area contributed by atoms with Gasteiger partial charge >= 0.3 is 5.97 Å². The van der Waals surface area contributed by atoms with Crippen molar-refractivity contribution in [1.82, 2.24) is 15.0 Å². The van der Waals surface area contributed by atoms with Crippen molar-refractivity contribution in [2.24, 2.45) is 0 Å². The first kappa shape index (κ1) is 25.0. The van der Waals surface area contributed by atoms with Gasteiger partial charge in [-0.1, -0.05) is 5.21 Å². The summed E-state index contributed by atoms with van der Waals surface area (Å²) in [5.74, 6) is -5.45. The first-order valence-corrected chi connectivity index (χ1v) is 9.61. The van der Waals surface area contributed by atoms with Crippen LogP contribution in [0.1, 0.15) is 6.04 Å². The zero-order valence-electron chi connectivity index (χ0n) is 17.5. The van der Waals surface area contributed by atoms with Gasteiger partial charge in [0.25, 0.3) is 0 Å². The lowest BCUT2D eigenvalue weighted by atomic mass is 9.90. The van der Waals surface area contributed by atoms with Crippen molar-refractivity contribution >= 4 is 5.97 Å². The van der Waals surface area contributed by atoms with E-state index in [2.05, 4.69) is 15.0 Å². The van der Waals surface area contributed by atoms with Crippen LogP contribution in [0.2, 0.25) is 0 Å². The second-order valence-electron chi connectivity index (χ2n) is 7.15. The molecule has 0 saturated carbocycles. The third-order valence-corrected chi connectivity index (χ3v) is 5.12. The van der Waals surface area contributed by atoms with E-state index in [9.17, 15) is 33.3 Å². The lowest BCUT2D eigenvalue weighted by Gasteiger charge is -2.43. The molecule has 0 radical (unpaired) electrons. The van der Waals surface area contributed by atoms with E-state index in [0.717, 1.165) is 18.0 Å². The van der Waals surface area contributed by atoms with Crippen LogP contribution in [0.25, 0.3) is 11.3 Å². The van der Waals surface area contributed by atoms with Crippen LogP contribution in [0.5, 0.6) is 0 Å². The van der Waals surface area contributed by atoms with Crippen LogP contribution in [0, 0.1) is 17.5 Å². The topological polar surface area (TPSA) is 145 Å². The van der Waals surface area contributed by atoms with Crippen molar-refractivity contribution in [2.45, 2.75) is 36.6 Å². The Morgan fingerprint density at radius 3 is 2.45 bits per heavy atom. The summed E-state index contributed by atoms with van der Waals surface area (Å²) in [6.07, 6.45) is -6.28. The highest BCUT2D eigenvalue weighted by Gasteiger charge is 2.51. The van der Waals surface area contributed by atoms with Gasteiger partial charge in [0.05, 0.1) is 19.9 Å². The predicted octanol–water partition coefficient (Wildman–Crippen LogP) is -0.453. The lowest BCUT2D eigenvalue weighted by Crippen LogP contribution is -2.61. The van der Waals surface area contributed by atoms with Gasteiger partial charge in [0.1, 0.15) is 42.9 Å². The van der Waals surface area contributed by atoms with Crippen LogP contribution in [0.4, 0.5) is 13.2 Å². The van der Waals surface area contributed by atoms with Gasteiger partial charge in [0, 0.05) is 12.7 Å². The molecular formula is C19H22F3N3O8. The molecule has 3 rings (SSSR count). The van der Waals surface area contributed by atoms with Crippen molar-refractivity contribution in [2.75, 3.05) is 27.6 Å². The molecule has 11 nitrogen and oxygen atoms in total. The molecule has 1 aliphatic heterocycles. The Morgan fingerprint density at radius 1 is 1.21 bits per heavy atom. The normalized spacial score (nSPS) is 26.2. The van der Waals surface area contributed by atoms with Gasteiger partial charge < -0.3 is 34.3 Å². The van der Waals surface area contributed by atoms with Gasteiger partial charge in [-0.05, 0) is 12.1 Å². The van der Waals surface area contributed by atoms with Crippen LogP contribution >= 0.6 is 0 Å². The van der Waals surface area contributed by atoms with Gasteiger partial charge in [-0.2, -0.15) is 0 Å². The Balaban J connectivity index is 1.96. The second kappa shape index (κ2) is 10.5. The molecule has 1 aromatic heterocycles. The number of aliphatic hydroxyl groups excluding tert-OH is 3. The van der Waals surface area contributed by atoms with Crippen molar-refractivity contribution in [1.29, 1.82) is 0 Å². The Bertz CT molecular complexity index is 955. The maximum absolute atomic E-state index is 13.6. The Labute approximate surface area is 185 Å². The number of hydrogen-bond donors (Lipinski definition) is 3. The van der Waals surface area contributed by atoms with Crippen molar-refractivity contribution in [3.05, 3.63) is 35.8 Å². The molecule has 1 aliphatic rings. The maximum Gasteiger partial charge on any atom is 0.337 e. The van der Waals surface area contributed by atoms with Crippen molar-refractivity contribution in [3.63, 3.8) is 0 Å². The summed E-state index contributed by atoms with van der Waals surface area (Å²) in [4.78, 5) is 12.2. The molecule has 0 amide bonds. The fraction of sp³-hybridized carbons (Fsp3) is 0.526. The molecular weight excluding hydrogens is 455 g/mol. The summed E-state index contributed by atoms with van der Waals surface area (Å²) in [6.45, 7) is -1.06. The van der Waals surface area contributed by atoms with E-state index in [1.807, 2.05) is 0 Å². The van der Waals surface area contributed by atoms with E-state index in [1.54, 1.807) is 0 Å². The monoisotopic (exact) mass is 477 g/mol. The molecule has 2 aromatic rings. The minimum atomic E-state index is -1.65. The molecule has 33 heavy (non-hydrogen) atoms. The van der Waals surface area contributed by atoms with Gasteiger partial charge in [0.2, 0.25) is 0 Å². The van der Waals surface area contributed by atoms with E-state index in [4.69, 9.17) is 14.2 Å². The zero-order chi connectivity index (χ0) is 24.3. The number of benzene rings is 1. The number of hydrogen-bond acceptors (Lipinski definition) is 10. The largest absolute Gasteiger partial charge is 0.467 e. The number of aliphatic hydroxyl groups is 3. The number of aromatic nitrogens is 3. The Morgan fingerprint density at radius 2 is 1.88 bits per heavy atom. The highest BCUT2D eigenvalue weighted by atomic mass is 19.2. The minimum Gasteiger partial charge on any atom is -0.467 e. The highest BCUT2D eigenvalue weighted by molar-refractivity contribution is 5.75. The summed E-state index contributed by atoms with van der Waals surface area (Å²) in [6, 6.07) is 0.0690. The number of ether oxygens (including phenoxy) is 4. The van der Waals surface area contributed by atoms with E-state index in [-0.39, 0.29) is 18.1 Å². The number of carbonyl (C=O) groups excluding carboxylic acids is 1. The quantitative estimate of drug-likeness (QED) is 0.260. The number of halogens is 3. The summed E-state index contributed by atoms with van der Waals surface area (Å²) in [5, 5.41) is 38.7. The molecule has 2 unspecified atom stereocenters. The number of methoxy groups -OCH3 is 2. The molecule has 0 bridgehead atoms. The number of carbonyl (C=O) groups is 1. The lowest BCUT2D eigenvalue weighted by molar-refractivity contribution is -0.246. The molecule has 1 aromatic carbocycles. The van der Waals surface area contributed by atoms with Crippen LogP contribution in [-0.2, 0) is 23.7 Å². The summed E-state index contributed by atoms with van der Waals surface area (Å²) in [7, 11) is 2.38. The summed E-state index contributed by atoms with van der Waals surface area (Å²) in [5.41, 5.74) is -0.254. The minimum absolute atomic E-state index is 0.101. The summed E-state index contributed by atoms with van der Waals surface area (Å²) < 4.78 is 61.6. The molecule has 6 atom stereocenters. The maximum atomic E-state index is 13.6. The zero-order valence-corrected chi connectivity index (χ0v) is 17.5. The smallest absolute Gasteiger partial charge is 0.337 e. The van der Waals surface area contributed by atoms with Gasteiger partial charge in [-0.3, -0.25) is 0 Å². The number of rotatable bonds is 8. The van der Waals surface area contributed by atoms with E-state index >= 15 is 0 Å². The fourth-order valence-electron chi connectivity index (χ4n) is 3.51. The van der Waals surface area contributed by atoms with Crippen LogP contribution in [0.15, 0.2) is 18.3 Å². The van der Waals surface area contributed by atoms with Crippen molar-refractivity contribution in [3.8, 4) is 11.3 Å².